The number of amides is 2. The number of piperidine rings is 1. The average Bonchev–Trinajstić information content (AvgIpc) is 3.32. The van der Waals surface area contributed by atoms with Crippen molar-refractivity contribution < 1.29 is 23.1 Å². The lowest BCUT2D eigenvalue weighted by atomic mass is 9.77. The van der Waals surface area contributed by atoms with E-state index in [1.165, 1.54) is 6.20 Å². The van der Waals surface area contributed by atoms with Crippen molar-refractivity contribution in [2.24, 2.45) is 11.8 Å². The highest BCUT2D eigenvalue weighted by Gasteiger charge is 2.43. The monoisotopic (exact) mass is 504 g/mol. The van der Waals surface area contributed by atoms with Crippen LogP contribution in [-0.2, 0) is 14.3 Å². The summed E-state index contributed by atoms with van der Waals surface area (Å²) in [5.74, 6) is -3.57. The third kappa shape index (κ3) is 4.89. The number of nitrogen functional groups attached to an aromatic ring is 1. The van der Waals surface area contributed by atoms with E-state index in [9.17, 15) is 18.4 Å². The molecule has 196 valence electrons. The molecule has 11 heteroatoms. The number of carbonyl (C=O) groups is 2. The summed E-state index contributed by atoms with van der Waals surface area (Å²) in [4.78, 5) is 32.5. The molecule has 3 N–H and O–H groups in total. The predicted octanol–water partition coefficient (Wildman–Crippen LogP) is 4.10. The first-order valence-corrected chi connectivity index (χ1v) is 13.0. The van der Waals surface area contributed by atoms with Gasteiger partial charge in [0.25, 0.3) is 0 Å². The lowest BCUT2D eigenvalue weighted by Crippen LogP contribution is -2.53. The van der Waals surface area contributed by atoms with Crippen molar-refractivity contribution in [1.29, 1.82) is 0 Å². The number of hydrogen-bond donors (Lipinski definition) is 2. The summed E-state index contributed by atoms with van der Waals surface area (Å²) in [6.45, 7) is 3.10. The molecular weight excluding hydrogens is 470 g/mol. The van der Waals surface area contributed by atoms with Crippen LogP contribution >= 0.6 is 0 Å². The maximum absolute atomic E-state index is 13.8. The molecule has 2 amide bonds. The minimum atomic E-state index is -2.64. The van der Waals surface area contributed by atoms with Gasteiger partial charge in [-0.2, -0.15) is 5.10 Å². The molecule has 2 aromatic rings. The molecule has 2 aliphatic heterocycles. The number of carbonyl (C=O) groups excluding carboxylic acids is 2. The van der Waals surface area contributed by atoms with Crippen LogP contribution in [0.4, 0.5) is 20.3 Å². The van der Waals surface area contributed by atoms with Gasteiger partial charge in [0.2, 0.25) is 5.92 Å². The van der Waals surface area contributed by atoms with Gasteiger partial charge in [-0.1, -0.05) is 6.92 Å². The predicted molar refractivity (Wildman–Crippen MR) is 130 cm³/mol. The van der Waals surface area contributed by atoms with E-state index in [1.54, 1.807) is 15.8 Å². The highest BCUT2D eigenvalue weighted by molar-refractivity contribution is 6.40. The quantitative estimate of drug-likeness (QED) is 0.608. The van der Waals surface area contributed by atoms with Gasteiger partial charge in [-0.15, -0.1) is 0 Å². The molecule has 0 bridgehead atoms. The van der Waals surface area contributed by atoms with Gasteiger partial charge >= 0.3 is 11.8 Å². The highest BCUT2D eigenvalue weighted by Crippen LogP contribution is 2.41. The van der Waals surface area contributed by atoms with Gasteiger partial charge in [0, 0.05) is 32.0 Å². The number of anilines is 2. The second-order valence-electron chi connectivity index (χ2n) is 10.6. The number of nitrogens with one attached hydrogen (secondary N) is 1. The van der Waals surface area contributed by atoms with Crippen LogP contribution in [0, 0.1) is 11.8 Å². The third-order valence-corrected chi connectivity index (χ3v) is 7.96. The minimum absolute atomic E-state index is 0.0244. The van der Waals surface area contributed by atoms with Crippen LogP contribution in [0.5, 0.6) is 0 Å². The van der Waals surface area contributed by atoms with Crippen LogP contribution < -0.4 is 11.1 Å². The van der Waals surface area contributed by atoms with Crippen molar-refractivity contribution in [3.63, 3.8) is 0 Å². The molecule has 1 saturated carbocycles. The molecule has 0 spiro atoms. The summed E-state index contributed by atoms with van der Waals surface area (Å²) < 4.78 is 35.1. The molecule has 3 fully saturated rings. The average molecular weight is 505 g/mol. The molecule has 2 saturated heterocycles. The summed E-state index contributed by atoms with van der Waals surface area (Å²) in [6.07, 6.45) is 7.50. The minimum Gasteiger partial charge on any atom is -0.383 e. The Morgan fingerprint density at radius 1 is 1.14 bits per heavy atom. The summed E-state index contributed by atoms with van der Waals surface area (Å²) in [7, 11) is 0. The molecule has 0 radical (unpaired) electrons. The van der Waals surface area contributed by atoms with E-state index >= 15 is 0 Å². The zero-order chi connectivity index (χ0) is 25.4. The second kappa shape index (κ2) is 9.91. The van der Waals surface area contributed by atoms with Crippen LogP contribution in [0.25, 0.3) is 10.9 Å². The van der Waals surface area contributed by atoms with Crippen molar-refractivity contribution in [2.45, 2.75) is 82.9 Å². The van der Waals surface area contributed by atoms with Crippen molar-refractivity contribution in [2.75, 3.05) is 24.2 Å². The van der Waals surface area contributed by atoms with Gasteiger partial charge in [0.05, 0.1) is 23.5 Å². The second-order valence-corrected chi connectivity index (χ2v) is 10.6. The highest BCUT2D eigenvalue weighted by atomic mass is 19.3. The van der Waals surface area contributed by atoms with Gasteiger partial charge in [-0.25, -0.2) is 18.4 Å². The maximum atomic E-state index is 13.8. The number of halogens is 2. The molecule has 1 unspecified atom stereocenters. The Kier molecular flexibility index (Phi) is 6.84. The number of aromatic nitrogens is 3. The summed E-state index contributed by atoms with van der Waals surface area (Å²) in [5.41, 5.74) is 6.96. The molecule has 1 aliphatic carbocycles. The third-order valence-electron chi connectivity index (χ3n) is 7.96. The Balaban J connectivity index is 1.37. The van der Waals surface area contributed by atoms with E-state index in [-0.39, 0.29) is 42.8 Å². The van der Waals surface area contributed by atoms with E-state index in [0.29, 0.717) is 42.6 Å². The van der Waals surface area contributed by atoms with Crippen LogP contribution in [0.15, 0.2) is 12.4 Å². The summed E-state index contributed by atoms with van der Waals surface area (Å²) in [5, 5.41) is 7.75. The Morgan fingerprint density at radius 3 is 2.64 bits per heavy atom. The van der Waals surface area contributed by atoms with Crippen LogP contribution in [-0.4, -0.2) is 56.6 Å². The standard InChI is InChI=1S/C25H34F2N6O3/c1-15-5-6-19(16-7-9-25(26,27)10-8-16)32(14-15)24(35)23(34)31-18-13-29-22(28)17-12-30-33(21(17)18)20-4-2-3-11-36-20/h12-13,15-16,19-20H,2-11,14H2,1H3,(H2,28,29)(H,31,34)/t15-,19+,20?/m0/s1. The molecule has 2 aromatic heterocycles. The van der Waals surface area contributed by atoms with Crippen LogP contribution in [0.1, 0.15) is 70.9 Å². The molecule has 4 heterocycles. The van der Waals surface area contributed by atoms with E-state index in [1.807, 2.05) is 6.92 Å². The smallest absolute Gasteiger partial charge is 0.314 e. The number of alkyl halides is 2. The van der Waals surface area contributed by atoms with E-state index in [0.717, 1.165) is 32.1 Å². The first kappa shape index (κ1) is 24.9. The lowest BCUT2D eigenvalue weighted by molar-refractivity contribution is -0.148. The largest absolute Gasteiger partial charge is 0.383 e. The molecule has 0 aromatic carbocycles. The molecule has 3 aliphatic rings. The van der Waals surface area contributed by atoms with Crippen molar-refractivity contribution in [1.82, 2.24) is 19.7 Å². The van der Waals surface area contributed by atoms with Crippen LogP contribution in [0.2, 0.25) is 0 Å². The number of fused-ring (bicyclic) bond motifs is 1. The fraction of sp³-hybridized carbons (Fsp3) is 0.680. The van der Waals surface area contributed by atoms with Gasteiger partial charge in [-0.05, 0) is 56.8 Å². The first-order valence-electron chi connectivity index (χ1n) is 13.0. The van der Waals surface area contributed by atoms with Crippen LogP contribution in [0.3, 0.4) is 0 Å². The number of nitrogens with zero attached hydrogens (tertiary/aromatic N) is 4. The van der Waals surface area contributed by atoms with E-state index in [4.69, 9.17) is 10.5 Å². The number of likely N-dealkylation sites (tertiary alicyclic amines) is 1. The number of ether oxygens (including phenoxy) is 1. The first-order chi connectivity index (χ1) is 17.2. The maximum Gasteiger partial charge on any atom is 0.314 e. The van der Waals surface area contributed by atoms with Gasteiger partial charge in [-0.3, -0.25) is 9.59 Å². The van der Waals surface area contributed by atoms with Gasteiger partial charge < -0.3 is 20.7 Å². The fourth-order valence-electron chi connectivity index (χ4n) is 5.96. The zero-order valence-electron chi connectivity index (χ0n) is 20.6. The SMILES string of the molecule is C[C@H]1CC[C@H](C2CCC(F)(F)CC2)N(C(=O)C(=O)Nc2cnc(N)c3cnn(C4CCCCO4)c23)C1. The molecular formula is C25H34F2N6O3. The number of pyridine rings is 1. The Morgan fingerprint density at radius 2 is 1.92 bits per heavy atom. The van der Waals surface area contributed by atoms with Crippen molar-refractivity contribution in [3.05, 3.63) is 12.4 Å². The summed E-state index contributed by atoms with van der Waals surface area (Å²) >= 11 is 0. The van der Waals surface area contributed by atoms with E-state index < -0.39 is 17.7 Å². The van der Waals surface area contributed by atoms with Crippen molar-refractivity contribution >= 4 is 34.2 Å². The lowest BCUT2D eigenvalue weighted by Gasteiger charge is -2.44. The topological polar surface area (TPSA) is 115 Å². The molecule has 9 nitrogen and oxygen atoms in total. The van der Waals surface area contributed by atoms with E-state index in [2.05, 4.69) is 15.4 Å². The van der Waals surface area contributed by atoms with Gasteiger partial charge in [0.1, 0.15) is 11.3 Å². The summed E-state index contributed by atoms with van der Waals surface area (Å²) in [6, 6.07) is -0.207. The molecule has 36 heavy (non-hydrogen) atoms. The Hall–Kier alpha value is -2.82. The normalized spacial score (nSPS) is 27.2. The number of nitrogens with two attached hydrogens (primary N) is 1. The Labute approximate surface area is 208 Å². The fourth-order valence-corrected chi connectivity index (χ4v) is 5.96. The number of rotatable bonds is 3. The molecule has 3 atom stereocenters. The Bertz CT molecular complexity index is 1120. The zero-order valence-corrected chi connectivity index (χ0v) is 20.6. The van der Waals surface area contributed by atoms with Crippen molar-refractivity contribution in [3.8, 4) is 0 Å². The van der Waals surface area contributed by atoms with Gasteiger partial charge in [0.15, 0.2) is 6.23 Å². The number of hydrogen-bond acceptors (Lipinski definition) is 6. The molecule has 5 rings (SSSR count).